The van der Waals surface area contributed by atoms with E-state index in [1.165, 1.54) is 12.8 Å². The van der Waals surface area contributed by atoms with Gasteiger partial charge < -0.3 is 0 Å². The smallest absolute Gasteiger partial charge is 0.150 e. The van der Waals surface area contributed by atoms with Crippen LogP contribution in [0, 0.1) is 16.7 Å². The van der Waals surface area contributed by atoms with E-state index < -0.39 is 9.84 Å². The summed E-state index contributed by atoms with van der Waals surface area (Å²) in [7, 11) is -2.71. The number of rotatable bonds is 0. The normalized spacial score (nSPS) is 39.1. The minimum absolute atomic E-state index is 0.167. The molecule has 1 spiro atoms. The van der Waals surface area contributed by atoms with Crippen molar-refractivity contribution in [2.45, 2.75) is 52.9 Å². The van der Waals surface area contributed by atoms with Gasteiger partial charge in [-0.25, -0.2) is 8.42 Å². The average molecular weight is 244 g/mol. The van der Waals surface area contributed by atoms with Crippen molar-refractivity contribution in [3.05, 3.63) is 0 Å². The lowest BCUT2D eigenvalue weighted by molar-refractivity contribution is 0.104. The molecule has 0 radical (unpaired) electrons. The van der Waals surface area contributed by atoms with Crippen molar-refractivity contribution in [1.29, 1.82) is 0 Å². The van der Waals surface area contributed by atoms with Crippen molar-refractivity contribution < 1.29 is 8.42 Å². The molecule has 1 aliphatic heterocycles. The fourth-order valence-corrected chi connectivity index (χ4v) is 5.73. The summed E-state index contributed by atoms with van der Waals surface area (Å²) in [5.41, 5.74) is 0.555. The van der Waals surface area contributed by atoms with Crippen LogP contribution < -0.4 is 0 Å². The molecule has 1 heterocycles. The van der Waals surface area contributed by atoms with E-state index in [2.05, 4.69) is 20.8 Å². The summed E-state index contributed by atoms with van der Waals surface area (Å²) in [6.07, 6.45) is 5.63. The number of hydrogen-bond acceptors (Lipinski definition) is 2. The van der Waals surface area contributed by atoms with E-state index in [0.29, 0.717) is 16.9 Å². The lowest BCUT2D eigenvalue weighted by Gasteiger charge is -2.41. The molecule has 2 aliphatic rings. The molecule has 0 amide bonds. The SMILES string of the molecule is CC(C)(C)C1CCC2(CC1)CCS(=O)(=O)C2. The Morgan fingerprint density at radius 1 is 1.06 bits per heavy atom. The third-order valence-corrected chi connectivity index (χ3v) is 6.62. The lowest BCUT2D eigenvalue weighted by atomic mass is 9.64. The number of sulfone groups is 1. The van der Waals surface area contributed by atoms with Crippen molar-refractivity contribution >= 4 is 9.84 Å². The summed E-state index contributed by atoms with van der Waals surface area (Å²) in [4.78, 5) is 0. The molecule has 1 saturated carbocycles. The lowest BCUT2D eigenvalue weighted by Crippen LogP contribution is -2.33. The summed E-state index contributed by atoms with van der Waals surface area (Å²) in [5.74, 6) is 1.69. The molecule has 2 rings (SSSR count). The second-order valence-electron chi connectivity index (χ2n) is 6.98. The first-order valence-corrected chi connectivity index (χ1v) is 8.25. The monoisotopic (exact) mass is 244 g/mol. The standard InChI is InChI=1S/C13H24O2S/c1-12(2,3)11-4-6-13(7-5-11)8-9-16(14,15)10-13/h11H,4-10H2,1-3H3. The topological polar surface area (TPSA) is 34.1 Å². The van der Waals surface area contributed by atoms with E-state index in [9.17, 15) is 8.42 Å². The molecule has 0 N–H and O–H groups in total. The molecule has 2 nitrogen and oxygen atoms in total. The molecular weight excluding hydrogens is 220 g/mol. The molecule has 1 aliphatic carbocycles. The fraction of sp³-hybridized carbons (Fsp3) is 1.00. The van der Waals surface area contributed by atoms with Crippen LogP contribution in [-0.4, -0.2) is 19.9 Å². The fourth-order valence-electron chi connectivity index (χ4n) is 3.47. The summed E-state index contributed by atoms with van der Waals surface area (Å²) in [5, 5.41) is 0. The Kier molecular flexibility index (Phi) is 2.89. The molecule has 1 saturated heterocycles. The van der Waals surface area contributed by atoms with Gasteiger partial charge >= 0.3 is 0 Å². The molecular formula is C13H24O2S. The highest BCUT2D eigenvalue weighted by Crippen LogP contribution is 2.50. The zero-order chi connectivity index (χ0) is 12.0. The van der Waals surface area contributed by atoms with Crippen LogP contribution in [0.4, 0.5) is 0 Å². The molecule has 0 unspecified atom stereocenters. The highest BCUT2D eigenvalue weighted by Gasteiger charge is 2.45. The summed E-state index contributed by atoms with van der Waals surface area (Å²) in [6.45, 7) is 6.92. The first-order chi connectivity index (χ1) is 7.23. The minimum atomic E-state index is -2.71. The summed E-state index contributed by atoms with van der Waals surface area (Å²) in [6, 6.07) is 0. The maximum absolute atomic E-state index is 11.6. The largest absolute Gasteiger partial charge is 0.229 e. The first-order valence-electron chi connectivity index (χ1n) is 6.43. The van der Waals surface area contributed by atoms with E-state index in [-0.39, 0.29) is 5.41 Å². The van der Waals surface area contributed by atoms with E-state index in [1.54, 1.807) is 0 Å². The van der Waals surface area contributed by atoms with Gasteiger partial charge in [-0.1, -0.05) is 20.8 Å². The third-order valence-electron chi connectivity index (χ3n) is 4.74. The molecule has 3 heteroatoms. The third kappa shape index (κ3) is 2.44. The molecule has 0 atom stereocenters. The Labute approximate surface area is 99.7 Å². The Balaban J connectivity index is 2.01. The second-order valence-corrected chi connectivity index (χ2v) is 9.17. The summed E-state index contributed by atoms with van der Waals surface area (Å²) < 4.78 is 23.2. The van der Waals surface area contributed by atoms with Crippen LogP contribution >= 0.6 is 0 Å². The van der Waals surface area contributed by atoms with Crippen LogP contribution in [0.3, 0.4) is 0 Å². The van der Waals surface area contributed by atoms with Gasteiger partial charge in [0.1, 0.15) is 0 Å². The van der Waals surface area contributed by atoms with Gasteiger partial charge in [0.2, 0.25) is 0 Å². The molecule has 16 heavy (non-hydrogen) atoms. The Morgan fingerprint density at radius 2 is 1.62 bits per heavy atom. The van der Waals surface area contributed by atoms with E-state index in [1.807, 2.05) is 0 Å². The van der Waals surface area contributed by atoms with Gasteiger partial charge in [-0.15, -0.1) is 0 Å². The second kappa shape index (κ2) is 3.72. The van der Waals surface area contributed by atoms with Crippen LogP contribution in [0.1, 0.15) is 52.9 Å². The molecule has 0 aromatic carbocycles. The van der Waals surface area contributed by atoms with Gasteiger partial charge in [-0.2, -0.15) is 0 Å². The van der Waals surface area contributed by atoms with Crippen molar-refractivity contribution in [1.82, 2.24) is 0 Å². The van der Waals surface area contributed by atoms with Gasteiger partial charge in [-0.3, -0.25) is 0 Å². The van der Waals surface area contributed by atoms with Crippen molar-refractivity contribution in [3.8, 4) is 0 Å². The quantitative estimate of drug-likeness (QED) is 0.656. The van der Waals surface area contributed by atoms with E-state index >= 15 is 0 Å². The number of hydrogen-bond donors (Lipinski definition) is 0. The van der Waals surface area contributed by atoms with Crippen LogP contribution in [0.5, 0.6) is 0 Å². The molecule has 2 fully saturated rings. The molecule has 94 valence electrons. The Morgan fingerprint density at radius 3 is 2.00 bits per heavy atom. The van der Waals surface area contributed by atoms with Gasteiger partial charge in [0, 0.05) is 0 Å². The van der Waals surface area contributed by atoms with Crippen molar-refractivity contribution in [2.75, 3.05) is 11.5 Å². The predicted molar refractivity (Wildman–Crippen MR) is 67.1 cm³/mol. The molecule has 0 aromatic heterocycles. The zero-order valence-electron chi connectivity index (χ0n) is 10.8. The van der Waals surface area contributed by atoms with Crippen LogP contribution in [0.15, 0.2) is 0 Å². The van der Waals surface area contributed by atoms with E-state index in [4.69, 9.17) is 0 Å². The van der Waals surface area contributed by atoms with Crippen molar-refractivity contribution in [3.63, 3.8) is 0 Å². The zero-order valence-corrected chi connectivity index (χ0v) is 11.6. The van der Waals surface area contributed by atoms with E-state index in [0.717, 1.165) is 25.2 Å². The van der Waals surface area contributed by atoms with Gasteiger partial charge in [0.15, 0.2) is 9.84 Å². The highest BCUT2D eigenvalue weighted by atomic mass is 32.2. The average Bonchev–Trinajstić information content (AvgIpc) is 2.41. The maximum atomic E-state index is 11.6. The highest BCUT2D eigenvalue weighted by molar-refractivity contribution is 7.91. The summed E-state index contributed by atoms with van der Waals surface area (Å²) >= 11 is 0. The van der Waals surface area contributed by atoms with Crippen molar-refractivity contribution in [2.24, 2.45) is 16.7 Å². The molecule has 0 bridgehead atoms. The van der Waals surface area contributed by atoms with Crippen LogP contribution in [-0.2, 0) is 9.84 Å². The maximum Gasteiger partial charge on any atom is 0.150 e. The Bertz CT molecular complexity index is 354. The first kappa shape index (κ1) is 12.4. The van der Waals surface area contributed by atoms with Crippen LogP contribution in [0.25, 0.3) is 0 Å². The minimum Gasteiger partial charge on any atom is -0.229 e. The van der Waals surface area contributed by atoms with Gasteiger partial charge in [0.25, 0.3) is 0 Å². The van der Waals surface area contributed by atoms with Gasteiger partial charge in [0.05, 0.1) is 11.5 Å². The van der Waals surface area contributed by atoms with Crippen LogP contribution in [0.2, 0.25) is 0 Å². The predicted octanol–water partition coefficient (Wildman–Crippen LogP) is 3.03. The molecule has 0 aromatic rings. The Hall–Kier alpha value is -0.0500. The van der Waals surface area contributed by atoms with Gasteiger partial charge in [-0.05, 0) is 48.9 Å².